The summed E-state index contributed by atoms with van der Waals surface area (Å²) in [6.07, 6.45) is 6.34. The number of amides is 1. The molecule has 1 aromatic rings. The largest absolute Gasteiger partial charge is 0.481 e. The Morgan fingerprint density at radius 3 is 2.63 bits per heavy atom. The van der Waals surface area contributed by atoms with Gasteiger partial charge < -0.3 is 20.4 Å². The third-order valence-electron chi connectivity index (χ3n) is 8.54. The zero-order valence-electron chi connectivity index (χ0n) is 18.5. The van der Waals surface area contributed by atoms with Crippen molar-refractivity contribution in [2.75, 3.05) is 0 Å². The number of nitrogens with two attached hydrogens (primary N) is 1. The topological polar surface area (TPSA) is 73.6 Å². The molecule has 1 aromatic carbocycles. The highest BCUT2D eigenvalue weighted by Crippen LogP contribution is 2.65. The smallest absolute Gasteiger partial charge is 0.404 e. The summed E-state index contributed by atoms with van der Waals surface area (Å²) in [5.74, 6) is 1.67. The van der Waals surface area contributed by atoms with Gasteiger partial charge in [0.1, 0.15) is 0 Å². The maximum atomic E-state index is 12.9. The van der Waals surface area contributed by atoms with Gasteiger partial charge in [-0.1, -0.05) is 57.0 Å². The molecular weight excluding hydrogens is 375 g/mol. The first-order valence-electron chi connectivity index (χ1n) is 11.7. The van der Waals surface area contributed by atoms with Gasteiger partial charge in [-0.15, -0.1) is 0 Å². The number of nitrogens with one attached hydrogen (secondary N) is 1. The van der Waals surface area contributed by atoms with Gasteiger partial charge in [0.05, 0.1) is 23.7 Å². The van der Waals surface area contributed by atoms with E-state index in [2.05, 4.69) is 26.1 Å². The minimum absolute atomic E-state index is 0.110. The van der Waals surface area contributed by atoms with Crippen LogP contribution in [0.25, 0.3) is 0 Å². The molecule has 5 aliphatic rings. The molecule has 5 nitrogen and oxygen atoms in total. The zero-order valence-corrected chi connectivity index (χ0v) is 18.5. The SMILES string of the molecule is CC1(C)[C@@H]2C[C@H]3OB([C@H](CC4CC4)NC(=O)[C@@H](N)Cc4ccccc4)O[C@@]3(C)[C@H]1C2. The van der Waals surface area contributed by atoms with Crippen molar-refractivity contribution in [2.45, 2.75) is 83.0 Å². The van der Waals surface area contributed by atoms with Crippen molar-refractivity contribution in [3.63, 3.8) is 0 Å². The number of rotatable bonds is 7. The molecular formula is C24H35BN2O3. The van der Waals surface area contributed by atoms with Gasteiger partial charge in [-0.25, -0.2) is 0 Å². The van der Waals surface area contributed by atoms with E-state index in [4.69, 9.17) is 15.0 Å². The Bertz CT molecular complexity index is 799. The average molecular weight is 410 g/mol. The highest BCUT2D eigenvalue weighted by Gasteiger charge is 2.68. The first-order chi connectivity index (χ1) is 14.3. The Morgan fingerprint density at radius 1 is 1.23 bits per heavy atom. The summed E-state index contributed by atoms with van der Waals surface area (Å²) in [6.45, 7) is 6.97. The van der Waals surface area contributed by atoms with Crippen molar-refractivity contribution in [1.82, 2.24) is 5.32 Å². The maximum absolute atomic E-state index is 12.9. The van der Waals surface area contributed by atoms with E-state index in [1.807, 2.05) is 30.3 Å². The molecule has 3 N–H and O–H groups in total. The minimum Gasteiger partial charge on any atom is -0.404 e. The lowest BCUT2D eigenvalue weighted by molar-refractivity contribution is -0.199. The van der Waals surface area contributed by atoms with E-state index in [0.29, 0.717) is 23.7 Å². The molecule has 1 amide bonds. The van der Waals surface area contributed by atoms with E-state index in [1.54, 1.807) is 0 Å². The van der Waals surface area contributed by atoms with Crippen molar-refractivity contribution in [1.29, 1.82) is 0 Å². The highest BCUT2D eigenvalue weighted by atomic mass is 16.7. The van der Waals surface area contributed by atoms with Crippen LogP contribution in [0, 0.1) is 23.2 Å². The van der Waals surface area contributed by atoms with Gasteiger partial charge in [-0.3, -0.25) is 4.79 Å². The molecule has 1 aliphatic heterocycles. The molecule has 0 unspecified atom stereocenters. The average Bonchev–Trinajstić information content (AvgIpc) is 3.45. The van der Waals surface area contributed by atoms with Crippen LogP contribution >= 0.6 is 0 Å². The monoisotopic (exact) mass is 410 g/mol. The standard InChI is InChI=1S/C24H35BN2O3/c1-23(2)17-13-19(23)24(3)20(14-17)29-25(30-24)21(12-16-9-10-16)27-22(28)18(26)11-15-7-5-4-6-8-15/h4-8,16-21H,9-14,26H2,1-3H3,(H,27,28)/t17-,18-,19-,20+,21-,24-/m0/s1. The highest BCUT2D eigenvalue weighted by molar-refractivity contribution is 6.48. The lowest BCUT2D eigenvalue weighted by Gasteiger charge is -2.64. The Balaban J connectivity index is 1.26. The van der Waals surface area contributed by atoms with E-state index in [0.717, 1.165) is 24.3 Å². The molecule has 6 heteroatoms. The summed E-state index contributed by atoms with van der Waals surface area (Å²) in [6, 6.07) is 9.38. The maximum Gasteiger partial charge on any atom is 0.481 e. The summed E-state index contributed by atoms with van der Waals surface area (Å²) in [7, 11) is -0.372. The molecule has 162 valence electrons. The third-order valence-corrected chi connectivity index (χ3v) is 8.54. The van der Waals surface area contributed by atoms with E-state index in [1.165, 1.54) is 19.3 Å². The predicted octanol–water partition coefficient (Wildman–Crippen LogP) is 3.11. The van der Waals surface area contributed by atoms with Gasteiger partial charge in [0.15, 0.2) is 0 Å². The van der Waals surface area contributed by atoms with Gasteiger partial charge in [0.25, 0.3) is 0 Å². The second-order valence-corrected chi connectivity index (χ2v) is 10.9. The van der Waals surface area contributed by atoms with Crippen molar-refractivity contribution < 1.29 is 14.1 Å². The molecule has 0 radical (unpaired) electrons. The quantitative estimate of drug-likeness (QED) is 0.678. The minimum atomic E-state index is -0.569. The number of carbonyl (C=O) groups excluding carboxylic acids is 1. The summed E-state index contributed by atoms with van der Waals surface area (Å²) in [4.78, 5) is 12.9. The van der Waals surface area contributed by atoms with E-state index < -0.39 is 6.04 Å². The van der Waals surface area contributed by atoms with E-state index in [9.17, 15) is 4.79 Å². The van der Waals surface area contributed by atoms with Gasteiger partial charge in [0.2, 0.25) is 5.91 Å². The van der Waals surface area contributed by atoms with Crippen LogP contribution in [0.3, 0.4) is 0 Å². The van der Waals surface area contributed by atoms with Crippen LogP contribution in [-0.2, 0) is 20.5 Å². The molecule has 6 rings (SSSR count). The molecule has 0 aromatic heterocycles. The van der Waals surface area contributed by atoms with Crippen LogP contribution in [0.5, 0.6) is 0 Å². The van der Waals surface area contributed by atoms with Crippen LogP contribution in [0.15, 0.2) is 30.3 Å². The molecule has 2 bridgehead atoms. The van der Waals surface area contributed by atoms with Crippen LogP contribution in [0.1, 0.15) is 58.4 Å². The lowest BCUT2D eigenvalue weighted by atomic mass is 9.43. The van der Waals surface area contributed by atoms with Crippen molar-refractivity contribution in [2.24, 2.45) is 28.9 Å². The fourth-order valence-electron chi connectivity index (χ4n) is 6.27. The molecule has 4 saturated carbocycles. The van der Waals surface area contributed by atoms with Gasteiger partial charge in [-0.2, -0.15) is 0 Å². The second kappa shape index (κ2) is 7.35. The fourth-order valence-corrected chi connectivity index (χ4v) is 6.27. The molecule has 6 atom stereocenters. The summed E-state index contributed by atoms with van der Waals surface area (Å²) in [5.41, 5.74) is 7.40. The first kappa shape index (κ1) is 20.5. The Morgan fingerprint density at radius 2 is 1.97 bits per heavy atom. The molecule has 1 heterocycles. The number of carbonyl (C=O) groups is 1. The fraction of sp³-hybridized carbons (Fsp3) is 0.708. The zero-order chi connectivity index (χ0) is 21.1. The first-order valence-corrected chi connectivity index (χ1v) is 11.7. The van der Waals surface area contributed by atoms with Crippen LogP contribution < -0.4 is 11.1 Å². The van der Waals surface area contributed by atoms with Gasteiger partial charge >= 0.3 is 7.12 Å². The van der Waals surface area contributed by atoms with E-state index in [-0.39, 0.29) is 30.7 Å². The number of benzene rings is 1. The lowest BCUT2D eigenvalue weighted by Crippen LogP contribution is -2.65. The van der Waals surface area contributed by atoms with Crippen LogP contribution in [0.4, 0.5) is 0 Å². The van der Waals surface area contributed by atoms with E-state index >= 15 is 0 Å². The normalized spacial score (nSPS) is 35.9. The van der Waals surface area contributed by atoms with Gasteiger partial charge in [-0.05, 0) is 61.3 Å². The van der Waals surface area contributed by atoms with Crippen LogP contribution in [-0.4, -0.2) is 36.7 Å². The Kier molecular flexibility index (Phi) is 5.03. The summed E-state index contributed by atoms with van der Waals surface area (Å²) in [5, 5.41) is 3.21. The predicted molar refractivity (Wildman–Crippen MR) is 118 cm³/mol. The summed E-state index contributed by atoms with van der Waals surface area (Å²) >= 11 is 0. The number of hydrogen-bond acceptors (Lipinski definition) is 4. The van der Waals surface area contributed by atoms with Crippen LogP contribution in [0.2, 0.25) is 0 Å². The van der Waals surface area contributed by atoms with Crippen molar-refractivity contribution in [3.05, 3.63) is 35.9 Å². The molecule has 30 heavy (non-hydrogen) atoms. The molecule has 5 fully saturated rings. The Hall–Kier alpha value is -1.37. The Labute approximate surface area is 180 Å². The van der Waals surface area contributed by atoms with Gasteiger partial charge in [0, 0.05) is 0 Å². The third kappa shape index (κ3) is 3.51. The summed E-state index contributed by atoms with van der Waals surface area (Å²) < 4.78 is 13.1. The molecule has 0 spiro atoms. The van der Waals surface area contributed by atoms with Crippen molar-refractivity contribution in [3.8, 4) is 0 Å². The van der Waals surface area contributed by atoms with Crippen molar-refractivity contribution >= 4 is 13.0 Å². The second-order valence-electron chi connectivity index (χ2n) is 10.9. The molecule has 1 saturated heterocycles. The molecule has 4 aliphatic carbocycles. The number of hydrogen-bond donors (Lipinski definition) is 2.